The van der Waals surface area contributed by atoms with E-state index >= 15 is 0 Å². The maximum atomic E-state index is 11.2. The molecule has 0 saturated heterocycles. The van der Waals surface area contributed by atoms with Gasteiger partial charge in [0, 0.05) is 11.0 Å². The summed E-state index contributed by atoms with van der Waals surface area (Å²) in [6, 6.07) is 5.54. The van der Waals surface area contributed by atoms with Gasteiger partial charge in [-0.05, 0) is 18.2 Å². The Morgan fingerprint density at radius 1 is 1.62 bits per heavy atom. The summed E-state index contributed by atoms with van der Waals surface area (Å²) >= 11 is 3.36. The second-order valence-electron chi connectivity index (χ2n) is 3.54. The second-order valence-corrected chi connectivity index (χ2v) is 4.45. The molecule has 0 spiro atoms. The molecule has 3 N–H and O–H groups in total. The Morgan fingerprint density at radius 3 is 2.94 bits per heavy atom. The van der Waals surface area contributed by atoms with Gasteiger partial charge in [-0.3, -0.25) is 4.79 Å². The molecular weight excluding hydrogens is 272 g/mol. The van der Waals surface area contributed by atoms with Crippen LogP contribution in [0.1, 0.15) is 6.92 Å². The summed E-state index contributed by atoms with van der Waals surface area (Å²) in [6.07, 6.45) is 0. The topological polar surface area (TPSA) is 64.3 Å². The normalized spacial score (nSPS) is 11.9. The van der Waals surface area contributed by atoms with Crippen molar-refractivity contribution in [3.8, 4) is 0 Å². The van der Waals surface area contributed by atoms with E-state index in [1.165, 1.54) is 7.11 Å². The van der Waals surface area contributed by atoms with E-state index < -0.39 is 0 Å². The maximum Gasteiger partial charge on any atom is 0.310 e. The third-order valence-electron chi connectivity index (χ3n) is 2.22. The minimum absolute atomic E-state index is 0.205. The van der Waals surface area contributed by atoms with Gasteiger partial charge in [0.15, 0.2) is 0 Å². The zero-order valence-corrected chi connectivity index (χ0v) is 10.9. The van der Waals surface area contributed by atoms with Crippen LogP contribution in [0.4, 0.5) is 11.4 Å². The first kappa shape index (κ1) is 12.8. The van der Waals surface area contributed by atoms with Crippen molar-refractivity contribution in [1.29, 1.82) is 0 Å². The minimum atomic E-state index is -0.235. The molecule has 0 unspecified atom stereocenters. The van der Waals surface area contributed by atoms with E-state index in [2.05, 4.69) is 26.0 Å². The number of hydrogen-bond donors (Lipinski definition) is 2. The minimum Gasteiger partial charge on any atom is -0.469 e. The lowest BCUT2D eigenvalue weighted by Gasteiger charge is -2.13. The monoisotopic (exact) mass is 286 g/mol. The van der Waals surface area contributed by atoms with E-state index in [-0.39, 0.29) is 11.9 Å². The van der Waals surface area contributed by atoms with Crippen molar-refractivity contribution >= 4 is 33.3 Å². The van der Waals surface area contributed by atoms with Crippen LogP contribution < -0.4 is 11.1 Å². The van der Waals surface area contributed by atoms with E-state index in [1.54, 1.807) is 13.0 Å². The first-order valence-electron chi connectivity index (χ1n) is 4.91. The van der Waals surface area contributed by atoms with Crippen molar-refractivity contribution in [1.82, 2.24) is 0 Å². The van der Waals surface area contributed by atoms with E-state index in [1.807, 2.05) is 12.1 Å². The quantitative estimate of drug-likeness (QED) is 0.658. The van der Waals surface area contributed by atoms with Crippen LogP contribution in [-0.4, -0.2) is 19.6 Å². The smallest absolute Gasteiger partial charge is 0.310 e. The molecule has 1 aromatic carbocycles. The van der Waals surface area contributed by atoms with Crippen LogP contribution in [0.3, 0.4) is 0 Å². The van der Waals surface area contributed by atoms with Crippen LogP contribution >= 0.6 is 15.9 Å². The Hall–Kier alpha value is -1.23. The van der Waals surface area contributed by atoms with Crippen molar-refractivity contribution in [3.05, 3.63) is 22.7 Å². The van der Waals surface area contributed by atoms with Gasteiger partial charge in [-0.2, -0.15) is 0 Å². The molecule has 0 saturated carbocycles. The number of nitrogen functional groups attached to an aromatic ring is 1. The van der Waals surface area contributed by atoms with Crippen molar-refractivity contribution in [3.63, 3.8) is 0 Å². The third-order valence-corrected chi connectivity index (χ3v) is 2.71. The summed E-state index contributed by atoms with van der Waals surface area (Å²) in [5.41, 5.74) is 7.25. The number of methoxy groups -OCH3 is 1. The lowest BCUT2D eigenvalue weighted by atomic mass is 10.2. The molecule has 1 atom stereocenters. The number of rotatable bonds is 4. The first-order chi connectivity index (χ1) is 7.54. The highest BCUT2D eigenvalue weighted by Gasteiger charge is 2.12. The molecule has 16 heavy (non-hydrogen) atoms. The van der Waals surface area contributed by atoms with E-state index in [4.69, 9.17) is 5.73 Å². The summed E-state index contributed by atoms with van der Waals surface area (Å²) in [5, 5.41) is 3.11. The molecule has 0 aromatic heterocycles. The fourth-order valence-corrected chi connectivity index (χ4v) is 1.59. The predicted molar refractivity (Wildman–Crippen MR) is 68.2 cm³/mol. The molecule has 0 aliphatic heterocycles. The average Bonchev–Trinajstić information content (AvgIpc) is 2.28. The number of carbonyl (C=O) groups is 1. The number of benzene rings is 1. The van der Waals surface area contributed by atoms with E-state index in [0.29, 0.717) is 12.2 Å². The highest BCUT2D eigenvalue weighted by atomic mass is 79.9. The molecule has 0 heterocycles. The number of esters is 1. The van der Waals surface area contributed by atoms with Gasteiger partial charge in [0.05, 0.1) is 24.4 Å². The molecule has 1 rings (SSSR count). The summed E-state index contributed by atoms with van der Waals surface area (Å²) < 4.78 is 5.57. The van der Waals surface area contributed by atoms with Crippen molar-refractivity contribution < 1.29 is 9.53 Å². The summed E-state index contributed by atoms with van der Waals surface area (Å²) in [4.78, 5) is 11.2. The molecule has 4 nitrogen and oxygen atoms in total. The largest absolute Gasteiger partial charge is 0.469 e. The molecular formula is C11H15BrN2O2. The van der Waals surface area contributed by atoms with Gasteiger partial charge in [0.1, 0.15) is 0 Å². The third kappa shape index (κ3) is 3.41. The van der Waals surface area contributed by atoms with Crippen molar-refractivity contribution in [2.75, 3.05) is 24.7 Å². The first-order valence-corrected chi connectivity index (χ1v) is 5.70. The van der Waals surface area contributed by atoms with Crippen LogP contribution in [0, 0.1) is 5.92 Å². The van der Waals surface area contributed by atoms with Crippen LogP contribution in [0.15, 0.2) is 22.7 Å². The molecule has 5 heteroatoms. The number of hydrogen-bond acceptors (Lipinski definition) is 4. The fourth-order valence-electron chi connectivity index (χ4n) is 1.23. The fraction of sp³-hybridized carbons (Fsp3) is 0.364. The number of anilines is 2. The number of ether oxygens (including phenoxy) is 1. The van der Waals surface area contributed by atoms with Crippen LogP contribution in [0.25, 0.3) is 0 Å². The lowest BCUT2D eigenvalue weighted by Crippen LogP contribution is -2.21. The van der Waals surface area contributed by atoms with Crippen LogP contribution in [0.5, 0.6) is 0 Å². The zero-order valence-electron chi connectivity index (χ0n) is 9.29. The Kier molecular flexibility index (Phi) is 4.61. The Bertz CT molecular complexity index is 382. The number of halogens is 1. The Morgan fingerprint density at radius 2 is 2.31 bits per heavy atom. The molecule has 0 bridgehead atoms. The summed E-state index contributed by atoms with van der Waals surface area (Å²) in [6.45, 7) is 2.29. The summed E-state index contributed by atoms with van der Waals surface area (Å²) in [5.74, 6) is -0.440. The van der Waals surface area contributed by atoms with E-state index in [9.17, 15) is 4.79 Å². The molecule has 0 aliphatic rings. The lowest BCUT2D eigenvalue weighted by molar-refractivity contribution is -0.144. The molecule has 88 valence electrons. The predicted octanol–water partition coefficient (Wildman–Crippen LogP) is 2.25. The highest BCUT2D eigenvalue weighted by molar-refractivity contribution is 9.10. The Labute approximate surface area is 103 Å². The van der Waals surface area contributed by atoms with Crippen molar-refractivity contribution in [2.45, 2.75) is 6.92 Å². The van der Waals surface area contributed by atoms with Crippen LogP contribution in [-0.2, 0) is 9.53 Å². The van der Waals surface area contributed by atoms with Gasteiger partial charge in [0.2, 0.25) is 0 Å². The molecule has 0 radical (unpaired) electrons. The number of carbonyl (C=O) groups excluding carboxylic acids is 1. The van der Waals surface area contributed by atoms with Gasteiger partial charge >= 0.3 is 5.97 Å². The van der Waals surface area contributed by atoms with Gasteiger partial charge in [-0.15, -0.1) is 0 Å². The molecule has 0 aliphatic carbocycles. The Balaban J connectivity index is 2.60. The van der Waals surface area contributed by atoms with Crippen LogP contribution in [0.2, 0.25) is 0 Å². The summed E-state index contributed by atoms with van der Waals surface area (Å²) in [7, 11) is 1.38. The van der Waals surface area contributed by atoms with Crippen molar-refractivity contribution in [2.24, 2.45) is 5.92 Å². The SMILES string of the molecule is COC(=O)[C@@H](C)CNc1cc(Br)ccc1N. The number of nitrogens with one attached hydrogen (secondary N) is 1. The second kappa shape index (κ2) is 5.75. The molecule has 0 amide bonds. The van der Waals surface area contributed by atoms with E-state index in [0.717, 1.165) is 10.2 Å². The maximum absolute atomic E-state index is 11.2. The van der Waals surface area contributed by atoms with Gasteiger partial charge in [-0.1, -0.05) is 22.9 Å². The molecule has 0 fully saturated rings. The average molecular weight is 287 g/mol. The van der Waals surface area contributed by atoms with Gasteiger partial charge in [0.25, 0.3) is 0 Å². The highest BCUT2D eigenvalue weighted by Crippen LogP contribution is 2.23. The zero-order chi connectivity index (χ0) is 12.1. The van der Waals surface area contributed by atoms with Gasteiger partial charge in [-0.25, -0.2) is 0 Å². The number of nitrogens with two attached hydrogens (primary N) is 1. The standard InChI is InChI=1S/C11H15BrN2O2/c1-7(11(15)16-2)6-14-10-5-8(12)3-4-9(10)13/h3-5,7,14H,6,13H2,1-2H3/t7-/m0/s1. The molecule has 1 aromatic rings. The van der Waals surface area contributed by atoms with Gasteiger partial charge < -0.3 is 15.8 Å².